The van der Waals surface area contributed by atoms with Gasteiger partial charge in [0.05, 0.1) is 17.7 Å². The van der Waals surface area contributed by atoms with Crippen LogP contribution in [0, 0.1) is 11.7 Å². The number of anilines is 1. The molecule has 3 rings (SSSR count). The van der Waals surface area contributed by atoms with Crippen molar-refractivity contribution in [2.45, 2.75) is 10.8 Å². The minimum absolute atomic E-state index is 0.0521. The largest absolute Gasteiger partial charge is 0.494 e. The van der Waals surface area contributed by atoms with Gasteiger partial charge >= 0.3 is 0 Å². The third-order valence-electron chi connectivity index (χ3n) is 5.18. The van der Waals surface area contributed by atoms with Crippen molar-refractivity contribution in [3.8, 4) is 5.75 Å². The molecule has 0 spiro atoms. The molecule has 7 nitrogen and oxygen atoms in total. The van der Waals surface area contributed by atoms with Crippen molar-refractivity contribution >= 4 is 27.3 Å². The summed E-state index contributed by atoms with van der Waals surface area (Å²) in [5.41, 5.74) is 0.555. The fourth-order valence-corrected chi connectivity index (χ4v) is 4.58. The number of methoxy groups -OCH3 is 1. The second-order valence-corrected chi connectivity index (χ2v) is 9.25. The predicted molar refractivity (Wildman–Crippen MR) is 114 cm³/mol. The van der Waals surface area contributed by atoms with E-state index in [2.05, 4.69) is 11.9 Å². The second kappa shape index (κ2) is 8.89. The quantitative estimate of drug-likeness (QED) is 0.521. The molecule has 1 N–H and O–H groups in total. The summed E-state index contributed by atoms with van der Waals surface area (Å²) in [5.74, 6) is -3.42. The number of hydrogen-bond donors (Lipinski definition) is 1. The molecule has 1 fully saturated rings. The van der Waals surface area contributed by atoms with Crippen LogP contribution in [0.15, 0.2) is 60.0 Å². The van der Waals surface area contributed by atoms with Gasteiger partial charge in [0.25, 0.3) is 0 Å². The number of likely N-dealkylation sites (tertiary alicyclic amines) is 1. The summed E-state index contributed by atoms with van der Waals surface area (Å²) in [7, 11) is -2.26. The molecule has 1 aliphatic heterocycles. The van der Waals surface area contributed by atoms with E-state index in [4.69, 9.17) is 4.74 Å². The van der Waals surface area contributed by atoms with Gasteiger partial charge in [-0.3, -0.25) is 9.59 Å². The number of para-hydroxylation sites is 1. The number of hydrogen-bond acceptors (Lipinski definition) is 5. The Bertz CT molecular complexity index is 1130. The highest BCUT2D eigenvalue weighted by Crippen LogP contribution is 2.36. The monoisotopic (exact) mass is 446 g/mol. The van der Waals surface area contributed by atoms with E-state index < -0.39 is 39.3 Å². The first kappa shape index (κ1) is 22.5. The molecule has 0 aromatic heterocycles. The summed E-state index contributed by atoms with van der Waals surface area (Å²) in [5, 5.41) is 2.58. The second-order valence-electron chi connectivity index (χ2n) is 7.27. The van der Waals surface area contributed by atoms with E-state index in [9.17, 15) is 22.4 Å². The van der Waals surface area contributed by atoms with Crippen LogP contribution in [0.5, 0.6) is 5.75 Å². The molecule has 2 atom stereocenters. The van der Waals surface area contributed by atoms with E-state index in [1.54, 1.807) is 24.3 Å². The van der Waals surface area contributed by atoms with Crippen LogP contribution in [-0.4, -0.2) is 51.6 Å². The standard InChI is InChI=1S/C22H23FN2O5S/c1-4-11-25-13-15(14-9-10-18(30-2)16(23)12-14)20(22(25)27)21(26)24-17-7-5-6-8-19(17)31(3,28)29/h4-10,12,15,20H,1,11,13H2,2-3H3,(H,24,26)/t15-,20+/m1/s1. The Labute approximate surface area is 180 Å². The van der Waals surface area contributed by atoms with Crippen LogP contribution in [-0.2, 0) is 19.4 Å². The van der Waals surface area contributed by atoms with E-state index in [0.717, 1.165) is 6.26 Å². The number of benzene rings is 2. The Kier molecular flexibility index (Phi) is 6.45. The first-order valence-corrected chi connectivity index (χ1v) is 11.4. The summed E-state index contributed by atoms with van der Waals surface area (Å²) < 4.78 is 43.3. The number of nitrogens with one attached hydrogen (secondary N) is 1. The molecule has 2 amide bonds. The van der Waals surface area contributed by atoms with Crippen molar-refractivity contribution in [2.24, 2.45) is 5.92 Å². The van der Waals surface area contributed by atoms with Crippen LogP contribution >= 0.6 is 0 Å². The average Bonchev–Trinajstić information content (AvgIpc) is 3.04. The molecule has 0 radical (unpaired) electrons. The fourth-order valence-electron chi connectivity index (χ4n) is 3.73. The van der Waals surface area contributed by atoms with Gasteiger partial charge in [-0.25, -0.2) is 12.8 Å². The van der Waals surface area contributed by atoms with Gasteiger partial charge in [0, 0.05) is 25.3 Å². The zero-order valence-electron chi connectivity index (χ0n) is 17.2. The number of ether oxygens (including phenoxy) is 1. The normalized spacial score (nSPS) is 18.7. The van der Waals surface area contributed by atoms with Crippen molar-refractivity contribution in [3.63, 3.8) is 0 Å². The van der Waals surface area contributed by atoms with E-state index in [1.165, 1.54) is 36.3 Å². The number of rotatable bonds is 7. The molecule has 31 heavy (non-hydrogen) atoms. The first-order chi connectivity index (χ1) is 14.7. The van der Waals surface area contributed by atoms with Crippen LogP contribution in [0.4, 0.5) is 10.1 Å². The fraction of sp³-hybridized carbons (Fsp3) is 0.273. The number of nitrogens with zero attached hydrogens (tertiary/aromatic N) is 1. The van der Waals surface area contributed by atoms with Gasteiger partial charge < -0.3 is 15.0 Å². The molecule has 2 aromatic rings. The van der Waals surface area contributed by atoms with Crippen molar-refractivity contribution in [2.75, 3.05) is 31.8 Å². The van der Waals surface area contributed by atoms with Crippen LogP contribution in [0.3, 0.4) is 0 Å². The molecule has 0 saturated carbocycles. The third-order valence-corrected chi connectivity index (χ3v) is 6.33. The lowest BCUT2D eigenvalue weighted by molar-refractivity contribution is -0.135. The van der Waals surface area contributed by atoms with Gasteiger partial charge in [0.1, 0.15) is 5.92 Å². The topological polar surface area (TPSA) is 92.8 Å². The van der Waals surface area contributed by atoms with E-state index in [1.807, 2.05) is 0 Å². The minimum Gasteiger partial charge on any atom is -0.494 e. The molecule has 164 valence electrons. The molecule has 2 aromatic carbocycles. The Morgan fingerprint density at radius 2 is 2.03 bits per heavy atom. The summed E-state index contributed by atoms with van der Waals surface area (Å²) in [6, 6.07) is 10.3. The molecule has 9 heteroatoms. The molecule has 0 bridgehead atoms. The Hall–Kier alpha value is -3.20. The number of sulfone groups is 1. The van der Waals surface area contributed by atoms with Gasteiger partial charge in [-0.2, -0.15) is 0 Å². The Morgan fingerprint density at radius 3 is 2.65 bits per heavy atom. The zero-order valence-corrected chi connectivity index (χ0v) is 18.0. The lowest BCUT2D eigenvalue weighted by atomic mass is 9.87. The van der Waals surface area contributed by atoms with Crippen molar-refractivity contribution in [1.82, 2.24) is 4.90 Å². The van der Waals surface area contributed by atoms with E-state index in [0.29, 0.717) is 5.56 Å². The maximum absolute atomic E-state index is 14.3. The number of carbonyl (C=O) groups is 2. The van der Waals surface area contributed by atoms with Crippen LogP contribution < -0.4 is 10.1 Å². The molecular formula is C22H23FN2O5S. The highest BCUT2D eigenvalue weighted by Gasteiger charge is 2.45. The van der Waals surface area contributed by atoms with Crippen molar-refractivity contribution < 1.29 is 27.1 Å². The third kappa shape index (κ3) is 4.61. The number of carbonyl (C=O) groups excluding carboxylic acids is 2. The molecule has 1 aliphatic rings. The number of amides is 2. The Morgan fingerprint density at radius 1 is 1.32 bits per heavy atom. The lowest BCUT2D eigenvalue weighted by Crippen LogP contribution is -2.34. The van der Waals surface area contributed by atoms with Gasteiger partial charge in [-0.05, 0) is 29.8 Å². The average molecular weight is 447 g/mol. The van der Waals surface area contributed by atoms with Crippen LogP contribution in [0.2, 0.25) is 0 Å². The van der Waals surface area contributed by atoms with Gasteiger partial charge in [0.15, 0.2) is 21.4 Å². The lowest BCUT2D eigenvalue weighted by Gasteiger charge is -2.18. The summed E-state index contributed by atoms with van der Waals surface area (Å²) in [4.78, 5) is 27.5. The van der Waals surface area contributed by atoms with Crippen molar-refractivity contribution in [1.29, 1.82) is 0 Å². The van der Waals surface area contributed by atoms with Crippen LogP contribution in [0.25, 0.3) is 0 Å². The molecule has 1 heterocycles. The maximum atomic E-state index is 14.3. The minimum atomic E-state index is -3.60. The van der Waals surface area contributed by atoms with Gasteiger partial charge in [0.2, 0.25) is 11.8 Å². The first-order valence-electron chi connectivity index (χ1n) is 9.50. The highest BCUT2D eigenvalue weighted by atomic mass is 32.2. The molecular weight excluding hydrogens is 423 g/mol. The SMILES string of the molecule is C=CCN1C[C@H](c2ccc(OC)c(F)c2)[C@@H](C(=O)Nc2ccccc2S(C)(=O)=O)C1=O. The summed E-state index contributed by atoms with van der Waals surface area (Å²) >= 11 is 0. The smallest absolute Gasteiger partial charge is 0.237 e. The summed E-state index contributed by atoms with van der Waals surface area (Å²) in [6.07, 6.45) is 2.58. The highest BCUT2D eigenvalue weighted by molar-refractivity contribution is 7.90. The van der Waals surface area contributed by atoms with Gasteiger partial charge in [-0.15, -0.1) is 6.58 Å². The Balaban J connectivity index is 1.98. The number of halogens is 1. The van der Waals surface area contributed by atoms with E-state index in [-0.39, 0.29) is 29.4 Å². The molecule has 0 unspecified atom stereocenters. The molecule has 0 aliphatic carbocycles. The zero-order chi connectivity index (χ0) is 22.8. The maximum Gasteiger partial charge on any atom is 0.237 e. The summed E-state index contributed by atoms with van der Waals surface area (Å²) in [6.45, 7) is 4.06. The van der Waals surface area contributed by atoms with E-state index >= 15 is 0 Å². The molecule has 1 saturated heterocycles. The van der Waals surface area contributed by atoms with Crippen LogP contribution in [0.1, 0.15) is 11.5 Å². The van der Waals surface area contributed by atoms with Gasteiger partial charge in [-0.1, -0.05) is 24.3 Å². The van der Waals surface area contributed by atoms with Crippen molar-refractivity contribution in [3.05, 3.63) is 66.5 Å². The predicted octanol–water partition coefficient (Wildman–Crippen LogP) is 2.60.